The lowest BCUT2D eigenvalue weighted by atomic mass is 10.00. The maximum absolute atomic E-state index is 12.3. The Balaban J connectivity index is 1.93. The fourth-order valence-corrected chi connectivity index (χ4v) is 3.62. The molecule has 0 aromatic rings. The number of carbonyl (C=O) groups is 1. The molecule has 110 valence electrons. The van der Waals surface area contributed by atoms with Crippen LogP contribution in [0.1, 0.15) is 46.0 Å². The largest absolute Gasteiger partial charge is 0.343 e. The van der Waals surface area contributed by atoms with Crippen molar-refractivity contribution in [3.05, 3.63) is 0 Å². The second kappa shape index (κ2) is 6.71. The Hall–Kier alpha value is -0.610. The standard InChI is InChI=1S/C15H29N3O/c1-12(2)14-6-5-9-18(14)13(11-16)10-15(19)17-7-3-4-8-17/h12-14H,3-11,16H2,1-2H3. The van der Waals surface area contributed by atoms with Gasteiger partial charge in [-0.25, -0.2) is 0 Å². The van der Waals surface area contributed by atoms with E-state index >= 15 is 0 Å². The Kier molecular flexibility index (Phi) is 5.22. The SMILES string of the molecule is CC(C)C1CCCN1C(CN)CC(=O)N1CCCC1. The van der Waals surface area contributed by atoms with E-state index < -0.39 is 0 Å². The number of nitrogens with two attached hydrogens (primary N) is 1. The molecule has 2 fully saturated rings. The van der Waals surface area contributed by atoms with Crippen LogP contribution in [-0.4, -0.2) is 54.0 Å². The van der Waals surface area contributed by atoms with E-state index in [9.17, 15) is 4.79 Å². The molecule has 0 aromatic carbocycles. The minimum absolute atomic E-state index is 0.239. The molecule has 0 bridgehead atoms. The van der Waals surface area contributed by atoms with E-state index in [1.54, 1.807) is 0 Å². The van der Waals surface area contributed by atoms with Crippen LogP contribution < -0.4 is 5.73 Å². The van der Waals surface area contributed by atoms with E-state index in [-0.39, 0.29) is 6.04 Å². The summed E-state index contributed by atoms with van der Waals surface area (Å²) in [6.45, 7) is 8.16. The van der Waals surface area contributed by atoms with E-state index in [4.69, 9.17) is 5.73 Å². The van der Waals surface area contributed by atoms with Crippen LogP contribution in [0.5, 0.6) is 0 Å². The van der Waals surface area contributed by atoms with Crippen molar-refractivity contribution in [3.63, 3.8) is 0 Å². The highest BCUT2D eigenvalue weighted by Gasteiger charge is 2.33. The molecule has 2 atom stereocenters. The van der Waals surface area contributed by atoms with Crippen molar-refractivity contribution in [2.45, 2.75) is 58.0 Å². The van der Waals surface area contributed by atoms with E-state index in [2.05, 4.69) is 18.7 Å². The second-order valence-corrected chi connectivity index (χ2v) is 6.37. The van der Waals surface area contributed by atoms with Gasteiger partial charge in [0.15, 0.2) is 0 Å². The van der Waals surface area contributed by atoms with Crippen LogP contribution in [0.2, 0.25) is 0 Å². The monoisotopic (exact) mass is 267 g/mol. The fourth-order valence-electron chi connectivity index (χ4n) is 3.62. The Bertz CT molecular complexity index is 300. The lowest BCUT2D eigenvalue weighted by molar-refractivity contribution is -0.131. The third-order valence-corrected chi connectivity index (χ3v) is 4.72. The third-order valence-electron chi connectivity index (χ3n) is 4.72. The summed E-state index contributed by atoms with van der Waals surface area (Å²) < 4.78 is 0. The highest BCUT2D eigenvalue weighted by atomic mass is 16.2. The zero-order chi connectivity index (χ0) is 13.8. The molecule has 19 heavy (non-hydrogen) atoms. The molecule has 0 aromatic heterocycles. The number of amides is 1. The molecule has 0 aliphatic carbocycles. The van der Waals surface area contributed by atoms with Gasteiger partial charge in [0.2, 0.25) is 5.91 Å². The van der Waals surface area contributed by atoms with Crippen molar-refractivity contribution in [2.75, 3.05) is 26.2 Å². The van der Waals surface area contributed by atoms with Gasteiger partial charge in [0, 0.05) is 38.1 Å². The number of carbonyl (C=O) groups excluding carboxylic acids is 1. The van der Waals surface area contributed by atoms with E-state index in [1.165, 1.54) is 12.8 Å². The average Bonchev–Trinajstić information content (AvgIpc) is 3.05. The summed E-state index contributed by atoms with van der Waals surface area (Å²) in [6, 6.07) is 0.850. The molecule has 2 aliphatic heterocycles. The molecule has 0 radical (unpaired) electrons. The first-order chi connectivity index (χ1) is 9.13. The van der Waals surface area contributed by atoms with Crippen molar-refractivity contribution in [3.8, 4) is 0 Å². The molecule has 1 amide bonds. The quantitative estimate of drug-likeness (QED) is 0.820. The zero-order valence-electron chi connectivity index (χ0n) is 12.5. The van der Waals surface area contributed by atoms with Crippen LogP contribution in [0.25, 0.3) is 0 Å². The van der Waals surface area contributed by atoms with Crippen LogP contribution in [0.4, 0.5) is 0 Å². The summed E-state index contributed by atoms with van der Waals surface area (Å²) in [7, 11) is 0. The summed E-state index contributed by atoms with van der Waals surface area (Å²) in [5, 5.41) is 0. The Morgan fingerprint density at radius 1 is 1.21 bits per heavy atom. The van der Waals surface area contributed by atoms with Crippen molar-refractivity contribution in [1.82, 2.24) is 9.80 Å². The van der Waals surface area contributed by atoms with Gasteiger partial charge in [0.05, 0.1) is 0 Å². The number of rotatable bonds is 5. The molecule has 2 aliphatic rings. The Morgan fingerprint density at radius 2 is 1.89 bits per heavy atom. The highest BCUT2D eigenvalue weighted by Crippen LogP contribution is 2.27. The molecule has 0 saturated carbocycles. The predicted molar refractivity (Wildman–Crippen MR) is 77.8 cm³/mol. The van der Waals surface area contributed by atoms with Gasteiger partial charge in [0.25, 0.3) is 0 Å². The topological polar surface area (TPSA) is 49.6 Å². The van der Waals surface area contributed by atoms with Crippen molar-refractivity contribution >= 4 is 5.91 Å². The maximum Gasteiger partial charge on any atom is 0.224 e. The highest BCUT2D eigenvalue weighted by molar-refractivity contribution is 5.77. The predicted octanol–water partition coefficient (Wildman–Crippen LogP) is 1.45. The molecule has 0 spiro atoms. The van der Waals surface area contributed by atoms with Crippen LogP contribution in [0.15, 0.2) is 0 Å². The Morgan fingerprint density at radius 3 is 2.47 bits per heavy atom. The number of nitrogens with zero attached hydrogens (tertiary/aromatic N) is 2. The molecule has 2 heterocycles. The molecule has 4 heteroatoms. The van der Waals surface area contributed by atoms with Crippen molar-refractivity contribution in [1.29, 1.82) is 0 Å². The first kappa shape index (κ1) is 14.8. The smallest absolute Gasteiger partial charge is 0.224 e. The summed E-state index contributed by atoms with van der Waals surface area (Å²) >= 11 is 0. The first-order valence-corrected chi connectivity index (χ1v) is 7.87. The van der Waals surface area contributed by atoms with Crippen LogP contribution in [-0.2, 0) is 4.79 Å². The van der Waals surface area contributed by atoms with Crippen LogP contribution in [0.3, 0.4) is 0 Å². The molecule has 2 saturated heterocycles. The lowest BCUT2D eigenvalue weighted by Gasteiger charge is -2.35. The zero-order valence-corrected chi connectivity index (χ0v) is 12.5. The van der Waals surface area contributed by atoms with E-state index in [0.717, 1.165) is 32.5 Å². The lowest BCUT2D eigenvalue weighted by Crippen LogP contribution is -2.48. The summed E-state index contributed by atoms with van der Waals surface area (Å²) in [5.74, 6) is 0.959. The van der Waals surface area contributed by atoms with Gasteiger partial charge in [0.1, 0.15) is 0 Å². The third kappa shape index (κ3) is 3.48. The second-order valence-electron chi connectivity index (χ2n) is 6.37. The minimum atomic E-state index is 0.239. The fraction of sp³-hybridized carbons (Fsp3) is 0.933. The molecule has 2 unspecified atom stereocenters. The summed E-state index contributed by atoms with van der Waals surface area (Å²) in [6.07, 6.45) is 5.44. The van der Waals surface area contributed by atoms with Crippen molar-refractivity contribution in [2.24, 2.45) is 11.7 Å². The Labute approximate surface area is 117 Å². The molecule has 2 N–H and O–H groups in total. The average molecular weight is 267 g/mol. The van der Waals surface area contributed by atoms with Crippen LogP contribution in [0, 0.1) is 5.92 Å². The minimum Gasteiger partial charge on any atom is -0.343 e. The van der Waals surface area contributed by atoms with E-state index in [1.807, 2.05) is 4.90 Å². The van der Waals surface area contributed by atoms with Crippen LogP contribution >= 0.6 is 0 Å². The van der Waals surface area contributed by atoms with Gasteiger partial charge < -0.3 is 10.6 Å². The van der Waals surface area contributed by atoms with Gasteiger partial charge in [-0.05, 0) is 38.1 Å². The summed E-state index contributed by atoms with van der Waals surface area (Å²) in [5.41, 5.74) is 5.95. The van der Waals surface area contributed by atoms with E-state index in [0.29, 0.717) is 30.8 Å². The number of hydrogen-bond donors (Lipinski definition) is 1. The van der Waals surface area contributed by atoms with Gasteiger partial charge in [-0.1, -0.05) is 13.8 Å². The van der Waals surface area contributed by atoms with Gasteiger partial charge in [-0.3, -0.25) is 9.69 Å². The number of hydrogen-bond acceptors (Lipinski definition) is 3. The molecule has 4 nitrogen and oxygen atoms in total. The first-order valence-electron chi connectivity index (χ1n) is 7.87. The normalized spacial score (nSPS) is 26.3. The van der Waals surface area contributed by atoms with Gasteiger partial charge >= 0.3 is 0 Å². The molecule has 2 rings (SSSR count). The van der Waals surface area contributed by atoms with Crippen molar-refractivity contribution < 1.29 is 4.79 Å². The van der Waals surface area contributed by atoms with Gasteiger partial charge in [-0.2, -0.15) is 0 Å². The number of likely N-dealkylation sites (tertiary alicyclic amines) is 2. The molecular weight excluding hydrogens is 238 g/mol. The van der Waals surface area contributed by atoms with Gasteiger partial charge in [-0.15, -0.1) is 0 Å². The molecular formula is C15H29N3O. The maximum atomic E-state index is 12.3. The summed E-state index contributed by atoms with van der Waals surface area (Å²) in [4.78, 5) is 16.8.